The average Bonchev–Trinajstić information content (AvgIpc) is 3.08. The van der Waals surface area contributed by atoms with Crippen LogP contribution in [-0.4, -0.2) is 22.8 Å². The number of nitrogens with one attached hydrogen (secondary N) is 2. The van der Waals surface area contributed by atoms with Gasteiger partial charge in [0, 0.05) is 18.1 Å². The molecule has 3 fully saturated rings. The van der Waals surface area contributed by atoms with E-state index in [0.29, 0.717) is 0 Å². The number of benzene rings is 4. The monoisotopic (exact) mass is 583 g/mol. The first kappa shape index (κ1) is 28.5. The maximum atomic E-state index is 15.4. The number of rotatable bonds is 5. The zero-order valence-corrected chi connectivity index (χ0v) is 25.3. The second-order valence-electron chi connectivity index (χ2n) is 12.9. The molecule has 4 aromatic carbocycles. The molecule has 5 nitrogen and oxygen atoms in total. The Morgan fingerprint density at radius 2 is 1.20 bits per heavy atom. The summed E-state index contributed by atoms with van der Waals surface area (Å²) in [6, 6.07) is 39.5. The van der Waals surface area contributed by atoms with Gasteiger partial charge in [0.15, 0.2) is 0 Å². The summed E-state index contributed by atoms with van der Waals surface area (Å²) in [5.41, 5.74) is 3.12. The SMILES string of the molecule is CC12C(=O)C(C(c3ccccc3)NC1c1ccccc1)C(c1ccccc1)N(C(=O)NC1CCCCC1)C2c1ccccc1. The zero-order valence-electron chi connectivity index (χ0n) is 25.3. The van der Waals surface area contributed by atoms with E-state index in [-0.39, 0.29) is 29.9 Å². The predicted molar refractivity (Wildman–Crippen MR) is 174 cm³/mol. The van der Waals surface area contributed by atoms with E-state index in [0.717, 1.165) is 47.9 Å². The van der Waals surface area contributed by atoms with Gasteiger partial charge in [-0.2, -0.15) is 0 Å². The first-order valence-electron chi connectivity index (χ1n) is 16.2. The molecule has 0 radical (unpaired) electrons. The van der Waals surface area contributed by atoms with Crippen LogP contribution in [0.3, 0.4) is 0 Å². The van der Waals surface area contributed by atoms with Gasteiger partial charge in [-0.3, -0.25) is 4.79 Å². The molecule has 2 heterocycles. The fourth-order valence-electron chi connectivity index (χ4n) is 8.30. The van der Waals surface area contributed by atoms with Crippen molar-refractivity contribution in [1.82, 2.24) is 15.5 Å². The number of carbonyl (C=O) groups excluding carboxylic acids is 2. The standard InChI is InChI=1S/C39H41N3O2/c1-39-35(29-21-11-4-12-22-29)41-33(27-17-7-2-8-18-27)32(37(39)43)34(28-19-9-3-10-20-28)42(36(39)30-23-13-5-14-24-30)38(44)40-31-25-15-6-16-26-31/h2-5,7-14,17-24,31-36,41H,6,15-16,25-26H2,1H3,(H,40,44). The Balaban J connectivity index is 1.47. The molecular formula is C39H41N3O2. The van der Waals surface area contributed by atoms with Crippen LogP contribution in [0.5, 0.6) is 0 Å². The lowest BCUT2D eigenvalue weighted by atomic mass is 9.55. The van der Waals surface area contributed by atoms with Gasteiger partial charge < -0.3 is 15.5 Å². The first-order valence-corrected chi connectivity index (χ1v) is 16.2. The van der Waals surface area contributed by atoms with Crippen LogP contribution >= 0.6 is 0 Å². The summed E-state index contributed by atoms with van der Waals surface area (Å²) in [5, 5.41) is 7.49. The highest BCUT2D eigenvalue weighted by atomic mass is 16.2. The summed E-state index contributed by atoms with van der Waals surface area (Å²) in [5.74, 6) is -0.287. The zero-order chi connectivity index (χ0) is 30.1. The maximum absolute atomic E-state index is 15.4. The molecule has 2 bridgehead atoms. The van der Waals surface area contributed by atoms with Gasteiger partial charge in [-0.05, 0) is 42.0 Å². The minimum Gasteiger partial charge on any atom is -0.335 e. The van der Waals surface area contributed by atoms with Gasteiger partial charge in [-0.25, -0.2) is 4.79 Å². The van der Waals surface area contributed by atoms with Gasteiger partial charge in [-0.15, -0.1) is 0 Å². The molecule has 5 heteroatoms. The number of fused-ring (bicyclic) bond motifs is 2. The van der Waals surface area contributed by atoms with Gasteiger partial charge in [0.05, 0.1) is 23.4 Å². The van der Waals surface area contributed by atoms with Crippen molar-refractivity contribution >= 4 is 11.8 Å². The lowest BCUT2D eigenvalue weighted by molar-refractivity contribution is -0.160. The van der Waals surface area contributed by atoms with E-state index in [1.165, 1.54) is 6.42 Å². The van der Waals surface area contributed by atoms with E-state index >= 15 is 4.79 Å². The lowest BCUT2D eigenvalue weighted by Crippen LogP contribution is -2.68. The fraction of sp³-hybridized carbons (Fsp3) is 0.333. The van der Waals surface area contributed by atoms with Crippen molar-refractivity contribution in [3.8, 4) is 0 Å². The smallest absolute Gasteiger partial charge is 0.318 e. The van der Waals surface area contributed by atoms with Crippen LogP contribution in [0.1, 0.15) is 85.4 Å². The second-order valence-corrected chi connectivity index (χ2v) is 12.9. The van der Waals surface area contributed by atoms with Crippen LogP contribution < -0.4 is 10.6 Å². The number of piperidine rings is 2. The maximum Gasteiger partial charge on any atom is 0.318 e. The largest absolute Gasteiger partial charge is 0.335 e. The van der Waals surface area contributed by atoms with E-state index in [1.807, 2.05) is 72.8 Å². The number of nitrogens with zero attached hydrogens (tertiary/aromatic N) is 1. The normalized spacial score (nSPS) is 28.8. The van der Waals surface area contributed by atoms with Crippen LogP contribution in [0.4, 0.5) is 4.79 Å². The molecule has 0 aromatic heterocycles. The Morgan fingerprint density at radius 3 is 1.77 bits per heavy atom. The Hall–Kier alpha value is -4.22. The minimum absolute atomic E-state index is 0.0798. The Kier molecular flexibility index (Phi) is 7.82. The number of Topliss-reactive ketones (excluding diaryl/α,β-unsaturated/α-hetero) is 1. The summed E-state index contributed by atoms with van der Waals surface area (Å²) in [6.07, 6.45) is 5.46. The van der Waals surface area contributed by atoms with Crippen molar-refractivity contribution in [2.24, 2.45) is 11.3 Å². The van der Waals surface area contributed by atoms with Crippen LogP contribution in [0.25, 0.3) is 0 Å². The highest BCUT2D eigenvalue weighted by molar-refractivity contribution is 5.94. The molecule has 224 valence electrons. The quantitative estimate of drug-likeness (QED) is 0.250. The molecular weight excluding hydrogens is 542 g/mol. The lowest BCUT2D eigenvalue weighted by Gasteiger charge is -2.61. The van der Waals surface area contributed by atoms with E-state index in [2.05, 4.69) is 71.0 Å². The Labute approximate surface area is 260 Å². The minimum atomic E-state index is -0.937. The van der Waals surface area contributed by atoms with Crippen molar-refractivity contribution in [1.29, 1.82) is 0 Å². The number of urea groups is 1. The van der Waals surface area contributed by atoms with Crippen LogP contribution in [0, 0.1) is 11.3 Å². The number of carbonyl (C=O) groups is 2. The summed E-state index contributed by atoms with van der Waals surface area (Å²) in [7, 11) is 0. The molecule has 7 rings (SSSR count). The summed E-state index contributed by atoms with van der Waals surface area (Å²) in [6.45, 7) is 2.09. The van der Waals surface area contributed by atoms with E-state index in [4.69, 9.17) is 0 Å². The topological polar surface area (TPSA) is 61.4 Å². The molecule has 0 spiro atoms. The third-order valence-corrected chi connectivity index (χ3v) is 10.3. The summed E-state index contributed by atoms with van der Waals surface area (Å²) >= 11 is 0. The predicted octanol–water partition coefficient (Wildman–Crippen LogP) is 8.10. The fourth-order valence-corrected chi connectivity index (χ4v) is 8.30. The summed E-state index contributed by atoms with van der Waals surface area (Å²) < 4.78 is 0. The molecule has 2 aliphatic heterocycles. The number of hydrogen-bond acceptors (Lipinski definition) is 3. The first-order chi connectivity index (χ1) is 21.6. The number of hydrogen-bond donors (Lipinski definition) is 2. The Morgan fingerprint density at radius 1 is 0.705 bits per heavy atom. The van der Waals surface area contributed by atoms with Gasteiger partial charge >= 0.3 is 6.03 Å². The molecule has 2 amide bonds. The van der Waals surface area contributed by atoms with E-state index in [1.54, 1.807) is 0 Å². The van der Waals surface area contributed by atoms with Gasteiger partial charge in [0.2, 0.25) is 0 Å². The highest BCUT2D eigenvalue weighted by Gasteiger charge is 2.65. The Bertz CT molecular complexity index is 1570. The van der Waals surface area contributed by atoms with E-state index in [9.17, 15) is 4.79 Å². The molecule has 2 saturated heterocycles. The highest BCUT2D eigenvalue weighted by Crippen LogP contribution is 2.62. The molecule has 1 aliphatic carbocycles. The second kappa shape index (κ2) is 12.0. The number of likely N-dealkylation sites (tertiary alicyclic amines) is 1. The number of ketones is 1. The molecule has 6 atom stereocenters. The number of amides is 2. The van der Waals surface area contributed by atoms with Gasteiger partial charge in [0.25, 0.3) is 0 Å². The van der Waals surface area contributed by atoms with Crippen molar-refractivity contribution in [2.45, 2.75) is 69.2 Å². The summed E-state index contributed by atoms with van der Waals surface area (Å²) in [4.78, 5) is 32.4. The van der Waals surface area contributed by atoms with Crippen molar-refractivity contribution in [3.63, 3.8) is 0 Å². The average molecular weight is 584 g/mol. The molecule has 3 aliphatic rings. The van der Waals surface area contributed by atoms with Gasteiger partial charge in [0.1, 0.15) is 5.78 Å². The molecule has 4 aromatic rings. The van der Waals surface area contributed by atoms with Crippen molar-refractivity contribution in [3.05, 3.63) is 144 Å². The van der Waals surface area contributed by atoms with Crippen LogP contribution in [0.2, 0.25) is 0 Å². The van der Waals surface area contributed by atoms with Crippen LogP contribution in [0.15, 0.2) is 121 Å². The molecule has 2 N–H and O–H groups in total. The third kappa shape index (κ3) is 4.93. The van der Waals surface area contributed by atoms with Crippen molar-refractivity contribution < 1.29 is 9.59 Å². The van der Waals surface area contributed by atoms with Gasteiger partial charge in [-0.1, -0.05) is 141 Å². The van der Waals surface area contributed by atoms with Crippen LogP contribution in [-0.2, 0) is 4.79 Å². The molecule has 44 heavy (non-hydrogen) atoms. The molecule has 1 saturated carbocycles. The van der Waals surface area contributed by atoms with E-state index < -0.39 is 23.4 Å². The molecule has 6 unspecified atom stereocenters. The van der Waals surface area contributed by atoms with Crippen molar-refractivity contribution in [2.75, 3.05) is 0 Å². The third-order valence-electron chi connectivity index (χ3n) is 10.3.